The second-order valence-electron chi connectivity index (χ2n) is 9.96. The van der Waals surface area contributed by atoms with Gasteiger partial charge in [-0.3, -0.25) is 14.5 Å². The number of hydrogen-bond acceptors (Lipinski definition) is 6. The van der Waals surface area contributed by atoms with Gasteiger partial charge in [0, 0.05) is 12.0 Å². The first-order valence-electron chi connectivity index (χ1n) is 12.3. The van der Waals surface area contributed by atoms with Gasteiger partial charge in [0.25, 0.3) is 5.78 Å². The average Bonchev–Trinajstić information content (AvgIpc) is 3.52. The molecule has 2 aliphatic rings. The Hall–Kier alpha value is -3.97. The van der Waals surface area contributed by atoms with Gasteiger partial charge in [-0.25, -0.2) is 4.98 Å². The summed E-state index contributed by atoms with van der Waals surface area (Å²) in [5.41, 5.74) is 6.23. The summed E-state index contributed by atoms with van der Waals surface area (Å²) in [7, 11) is 0. The predicted molar refractivity (Wildman–Crippen MR) is 145 cm³/mol. The number of carbonyl (C=O) groups is 2. The molecule has 7 heteroatoms. The van der Waals surface area contributed by atoms with Crippen molar-refractivity contribution < 1.29 is 19.4 Å². The quantitative estimate of drug-likeness (QED) is 0.203. The molecule has 3 heterocycles. The Bertz CT molecular complexity index is 1630. The van der Waals surface area contributed by atoms with Gasteiger partial charge in [0.2, 0.25) is 0 Å². The summed E-state index contributed by atoms with van der Waals surface area (Å²) in [6, 6.07) is 16.3. The van der Waals surface area contributed by atoms with E-state index in [0.29, 0.717) is 10.7 Å². The Labute approximate surface area is 218 Å². The maximum atomic E-state index is 13.5. The van der Waals surface area contributed by atoms with E-state index in [1.54, 1.807) is 6.07 Å². The van der Waals surface area contributed by atoms with E-state index in [9.17, 15) is 14.7 Å². The molecule has 2 aliphatic heterocycles. The van der Waals surface area contributed by atoms with Crippen LogP contribution in [0.5, 0.6) is 5.75 Å². The lowest BCUT2D eigenvalue weighted by Crippen LogP contribution is -2.29. The molecule has 0 aliphatic carbocycles. The van der Waals surface area contributed by atoms with E-state index in [1.165, 1.54) is 16.2 Å². The number of ether oxygens (including phenoxy) is 1. The van der Waals surface area contributed by atoms with Crippen molar-refractivity contribution in [2.24, 2.45) is 0 Å². The van der Waals surface area contributed by atoms with E-state index >= 15 is 0 Å². The standard InChI is InChI=1S/C30H26N2O4S/c1-15-5-7-19(8-6-15)26-24(27(33)20-9-10-22-21(14-20)13-18(4)36-22)28(34)29(35)32(26)30-31-25-17(3)11-16(2)12-23(25)37-30/h5-12,14,18,26,33H,13H2,1-4H3/t18-,26-/m1/s1. The molecule has 0 spiro atoms. The van der Waals surface area contributed by atoms with Gasteiger partial charge in [-0.1, -0.05) is 47.2 Å². The monoisotopic (exact) mass is 510 g/mol. The van der Waals surface area contributed by atoms with Crippen molar-refractivity contribution in [2.75, 3.05) is 4.90 Å². The third-order valence-corrected chi connectivity index (χ3v) is 8.03. The van der Waals surface area contributed by atoms with Gasteiger partial charge < -0.3 is 9.84 Å². The number of anilines is 1. The van der Waals surface area contributed by atoms with Crippen LogP contribution in [0.1, 0.15) is 46.3 Å². The number of aromatic nitrogens is 1. The summed E-state index contributed by atoms with van der Waals surface area (Å²) >= 11 is 1.38. The molecule has 1 amide bonds. The molecule has 1 saturated heterocycles. The number of thiazole rings is 1. The van der Waals surface area contributed by atoms with Crippen LogP contribution >= 0.6 is 11.3 Å². The Morgan fingerprint density at radius 2 is 1.78 bits per heavy atom. The summed E-state index contributed by atoms with van der Waals surface area (Å²) in [6.07, 6.45) is 0.771. The zero-order valence-electron chi connectivity index (χ0n) is 21.0. The number of aryl methyl sites for hydroxylation is 3. The Morgan fingerprint density at radius 3 is 2.54 bits per heavy atom. The summed E-state index contributed by atoms with van der Waals surface area (Å²) in [5, 5.41) is 11.9. The average molecular weight is 511 g/mol. The second kappa shape index (κ2) is 8.56. The topological polar surface area (TPSA) is 79.7 Å². The maximum Gasteiger partial charge on any atom is 0.301 e. The van der Waals surface area contributed by atoms with E-state index in [4.69, 9.17) is 9.72 Å². The number of aliphatic hydroxyl groups excluding tert-OH is 1. The van der Waals surface area contributed by atoms with Crippen LogP contribution in [-0.4, -0.2) is 27.9 Å². The summed E-state index contributed by atoms with van der Waals surface area (Å²) in [4.78, 5) is 33.3. The van der Waals surface area contributed by atoms with Crippen molar-refractivity contribution in [2.45, 2.75) is 46.3 Å². The van der Waals surface area contributed by atoms with Gasteiger partial charge in [-0.15, -0.1) is 0 Å². The molecule has 37 heavy (non-hydrogen) atoms. The van der Waals surface area contributed by atoms with E-state index in [1.807, 2.05) is 70.2 Å². The van der Waals surface area contributed by atoms with E-state index < -0.39 is 17.7 Å². The van der Waals surface area contributed by atoms with Crippen LogP contribution in [-0.2, 0) is 16.0 Å². The lowest BCUT2D eigenvalue weighted by atomic mass is 9.94. The molecule has 6 nitrogen and oxygen atoms in total. The summed E-state index contributed by atoms with van der Waals surface area (Å²) in [5.74, 6) is -0.833. The molecule has 0 saturated carbocycles. The van der Waals surface area contributed by atoms with Crippen molar-refractivity contribution in [3.8, 4) is 5.75 Å². The predicted octanol–water partition coefficient (Wildman–Crippen LogP) is 6.17. The molecule has 2 atom stereocenters. The Balaban J connectivity index is 1.54. The number of amides is 1. The molecular weight excluding hydrogens is 484 g/mol. The van der Waals surface area contributed by atoms with Gasteiger partial charge in [0.05, 0.1) is 21.8 Å². The van der Waals surface area contributed by atoms with E-state index in [0.717, 1.165) is 50.2 Å². The fourth-order valence-electron chi connectivity index (χ4n) is 5.28. The molecule has 1 aromatic heterocycles. The van der Waals surface area contributed by atoms with Crippen LogP contribution in [0, 0.1) is 20.8 Å². The molecule has 186 valence electrons. The SMILES string of the molecule is Cc1ccc([C@@H]2C(=C(O)c3ccc4c(c3)C[C@@H](C)O4)C(=O)C(=O)N2c2nc3c(C)cc(C)cc3s2)cc1. The molecule has 0 unspecified atom stereocenters. The van der Waals surface area contributed by atoms with Crippen LogP contribution in [0.25, 0.3) is 16.0 Å². The minimum Gasteiger partial charge on any atom is -0.507 e. The van der Waals surface area contributed by atoms with Crippen LogP contribution in [0.15, 0.2) is 60.2 Å². The van der Waals surface area contributed by atoms with Gasteiger partial charge in [0.1, 0.15) is 17.6 Å². The zero-order chi connectivity index (χ0) is 26.0. The third-order valence-electron chi connectivity index (χ3n) is 7.03. The lowest BCUT2D eigenvalue weighted by molar-refractivity contribution is -0.132. The number of benzene rings is 3. The number of aliphatic hydroxyl groups is 1. The number of carbonyl (C=O) groups excluding carboxylic acids is 2. The number of rotatable bonds is 3. The molecule has 6 rings (SSSR count). The highest BCUT2D eigenvalue weighted by Crippen LogP contribution is 2.45. The first-order valence-corrected chi connectivity index (χ1v) is 13.1. The summed E-state index contributed by atoms with van der Waals surface area (Å²) in [6.45, 7) is 7.98. The minimum absolute atomic E-state index is 0.0525. The normalized spacial score (nSPS) is 20.5. The van der Waals surface area contributed by atoms with Crippen molar-refractivity contribution in [3.05, 3.63) is 93.6 Å². The second-order valence-corrected chi connectivity index (χ2v) is 11.0. The molecule has 0 radical (unpaired) electrons. The fraction of sp³-hybridized carbons (Fsp3) is 0.233. The lowest BCUT2D eigenvalue weighted by Gasteiger charge is -2.23. The van der Waals surface area contributed by atoms with Gasteiger partial charge in [-0.05, 0) is 74.2 Å². The molecule has 4 aromatic rings. The first-order chi connectivity index (χ1) is 17.7. The molecule has 1 fully saturated rings. The number of ketones is 1. The smallest absolute Gasteiger partial charge is 0.301 e. The van der Waals surface area contributed by atoms with Gasteiger partial charge in [0.15, 0.2) is 5.13 Å². The molecular formula is C30H26N2O4S. The molecule has 3 aromatic carbocycles. The Kier molecular flexibility index (Phi) is 5.42. The van der Waals surface area contributed by atoms with Crippen molar-refractivity contribution in [3.63, 3.8) is 0 Å². The number of Topliss-reactive ketones (excluding diaryl/α,β-unsaturated/α-hetero) is 1. The molecule has 1 N–H and O–H groups in total. The van der Waals surface area contributed by atoms with Crippen LogP contribution in [0.3, 0.4) is 0 Å². The fourth-order valence-corrected chi connectivity index (χ4v) is 6.45. The van der Waals surface area contributed by atoms with Crippen molar-refractivity contribution in [1.29, 1.82) is 0 Å². The number of hydrogen-bond donors (Lipinski definition) is 1. The zero-order valence-corrected chi connectivity index (χ0v) is 21.8. The van der Waals surface area contributed by atoms with Gasteiger partial charge in [-0.2, -0.15) is 0 Å². The first kappa shape index (κ1) is 23.4. The van der Waals surface area contributed by atoms with Gasteiger partial charge >= 0.3 is 5.91 Å². The third kappa shape index (κ3) is 3.81. The Morgan fingerprint density at radius 1 is 1.03 bits per heavy atom. The van der Waals surface area contributed by atoms with Crippen molar-refractivity contribution >= 4 is 44.1 Å². The number of nitrogens with zero attached hydrogens (tertiary/aromatic N) is 2. The number of fused-ring (bicyclic) bond motifs is 2. The van der Waals surface area contributed by atoms with Crippen LogP contribution in [0.2, 0.25) is 0 Å². The largest absolute Gasteiger partial charge is 0.507 e. The molecule has 0 bridgehead atoms. The highest BCUT2D eigenvalue weighted by Gasteiger charge is 2.48. The summed E-state index contributed by atoms with van der Waals surface area (Å²) < 4.78 is 6.74. The highest BCUT2D eigenvalue weighted by molar-refractivity contribution is 7.22. The van der Waals surface area contributed by atoms with Crippen LogP contribution < -0.4 is 9.64 Å². The van der Waals surface area contributed by atoms with E-state index in [-0.39, 0.29) is 17.4 Å². The van der Waals surface area contributed by atoms with Crippen molar-refractivity contribution in [1.82, 2.24) is 4.98 Å². The highest BCUT2D eigenvalue weighted by atomic mass is 32.1. The minimum atomic E-state index is -0.800. The van der Waals surface area contributed by atoms with Crippen LogP contribution in [0.4, 0.5) is 5.13 Å². The van der Waals surface area contributed by atoms with E-state index in [2.05, 4.69) is 6.07 Å². The maximum absolute atomic E-state index is 13.5.